The molecule has 0 aromatic heterocycles. The van der Waals surface area contributed by atoms with E-state index >= 15 is 0 Å². The minimum atomic E-state index is -0.800. The van der Waals surface area contributed by atoms with E-state index < -0.39 is 17.8 Å². The van der Waals surface area contributed by atoms with Crippen LogP contribution in [-0.2, 0) is 22.7 Å². The number of carbonyl (C=O) groups is 3. The van der Waals surface area contributed by atoms with Gasteiger partial charge in [-0.05, 0) is 30.3 Å². The second-order valence-corrected chi connectivity index (χ2v) is 6.79. The minimum Gasteiger partial charge on any atom is -0.490 e. The molecule has 4 amide bonds. The molecule has 7 nitrogen and oxygen atoms in total. The van der Waals surface area contributed by atoms with Crippen LogP contribution >= 0.6 is 0 Å². The molecule has 29 heavy (non-hydrogen) atoms. The summed E-state index contributed by atoms with van der Waals surface area (Å²) in [5.74, 6) is -0.856. The van der Waals surface area contributed by atoms with Crippen LogP contribution in [0.4, 0.5) is 4.79 Å². The first-order valence-electron chi connectivity index (χ1n) is 9.22. The molecule has 0 bridgehead atoms. The van der Waals surface area contributed by atoms with Gasteiger partial charge in [0.1, 0.15) is 12.4 Å². The van der Waals surface area contributed by atoms with Crippen molar-refractivity contribution in [1.82, 2.24) is 14.7 Å². The Balaban J connectivity index is 1.60. The highest BCUT2D eigenvalue weighted by molar-refractivity contribution is 6.44. The molecular weight excluding hydrogens is 370 g/mol. The van der Waals surface area contributed by atoms with E-state index in [-0.39, 0.29) is 13.2 Å². The van der Waals surface area contributed by atoms with Gasteiger partial charge in [0.2, 0.25) is 0 Å². The number of benzene rings is 2. The van der Waals surface area contributed by atoms with Crippen molar-refractivity contribution >= 4 is 17.8 Å². The van der Waals surface area contributed by atoms with Crippen molar-refractivity contribution in [3.05, 3.63) is 78.4 Å². The van der Waals surface area contributed by atoms with Gasteiger partial charge in [0.05, 0.1) is 13.2 Å². The zero-order valence-corrected chi connectivity index (χ0v) is 16.3. The van der Waals surface area contributed by atoms with Crippen molar-refractivity contribution in [2.75, 3.05) is 20.3 Å². The molecular formula is C22H23N3O4. The smallest absolute Gasteiger partial charge is 0.335 e. The number of hydrogen-bond acceptors (Lipinski definition) is 5. The fraction of sp³-hybridized carbons (Fsp3) is 0.227. The average Bonchev–Trinajstić information content (AvgIpc) is 2.92. The fourth-order valence-electron chi connectivity index (χ4n) is 3.03. The molecule has 0 spiro atoms. The lowest BCUT2D eigenvalue weighted by molar-refractivity contribution is -0.144. The number of imide groups is 2. The minimum absolute atomic E-state index is 0.0312. The van der Waals surface area contributed by atoms with Crippen LogP contribution in [0.5, 0.6) is 5.75 Å². The summed E-state index contributed by atoms with van der Waals surface area (Å²) in [4.78, 5) is 41.0. The van der Waals surface area contributed by atoms with Crippen molar-refractivity contribution in [2.45, 2.75) is 13.1 Å². The van der Waals surface area contributed by atoms with E-state index in [1.54, 1.807) is 18.0 Å². The molecule has 0 saturated carbocycles. The molecule has 0 N–H and O–H groups in total. The number of nitrogens with zero attached hydrogens (tertiary/aromatic N) is 3. The van der Waals surface area contributed by atoms with Gasteiger partial charge in [-0.1, -0.05) is 55.1 Å². The van der Waals surface area contributed by atoms with Gasteiger partial charge in [-0.2, -0.15) is 0 Å². The molecule has 1 saturated heterocycles. The average molecular weight is 393 g/mol. The molecule has 150 valence electrons. The number of urea groups is 1. The number of hydrogen-bond donors (Lipinski definition) is 0. The van der Waals surface area contributed by atoms with Gasteiger partial charge >= 0.3 is 17.8 Å². The van der Waals surface area contributed by atoms with Crippen LogP contribution in [0.3, 0.4) is 0 Å². The zero-order chi connectivity index (χ0) is 20.8. The summed E-state index contributed by atoms with van der Waals surface area (Å²) in [6, 6.07) is 16.0. The first-order chi connectivity index (χ1) is 14.0. The van der Waals surface area contributed by atoms with Gasteiger partial charge in [-0.3, -0.25) is 19.4 Å². The van der Waals surface area contributed by atoms with Crippen molar-refractivity contribution < 1.29 is 19.1 Å². The summed E-state index contributed by atoms with van der Waals surface area (Å²) in [5, 5.41) is 0. The Bertz CT molecular complexity index is 896. The Labute approximate surface area is 169 Å². The van der Waals surface area contributed by atoms with E-state index in [1.165, 1.54) is 0 Å². The third kappa shape index (κ3) is 4.89. The molecule has 1 fully saturated rings. The zero-order valence-electron chi connectivity index (χ0n) is 16.3. The highest BCUT2D eigenvalue weighted by atomic mass is 16.5. The summed E-state index contributed by atoms with van der Waals surface area (Å²) < 4.78 is 5.45. The maximum atomic E-state index is 12.6. The molecule has 2 aromatic carbocycles. The van der Waals surface area contributed by atoms with Crippen LogP contribution in [0.25, 0.3) is 0 Å². The third-order valence-corrected chi connectivity index (χ3v) is 4.45. The van der Waals surface area contributed by atoms with Crippen LogP contribution in [0.1, 0.15) is 11.1 Å². The van der Waals surface area contributed by atoms with Crippen molar-refractivity contribution in [3.8, 4) is 5.75 Å². The van der Waals surface area contributed by atoms with E-state index in [4.69, 9.17) is 4.74 Å². The van der Waals surface area contributed by atoms with Gasteiger partial charge < -0.3 is 4.74 Å². The number of amides is 4. The normalized spacial score (nSPS) is 14.1. The molecule has 1 aliphatic rings. The van der Waals surface area contributed by atoms with E-state index in [2.05, 4.69) is 6.58 Å². The lowest BCUT2D eigenvalue weighted by Gasteiger charge is -2.22. The maximum Gasteiger partial charge on any atom is 0.335 e. The predicted molar refractivity (Wildman–Crippen MR) is 108 cm³/mol. The summed E-state index contributed by atoms with van der Waals surface area (Å²) in [6.07, 6.45) is 1.67. The third-order valence-electron chi connectivity index (χ3n) is 4.45. The van der Waals surface area contributed by atoms with Crippen LogP contribution in [0.15, 0.2) is 67.3 Å². The van der Waals surface area contributed by atoms with Crippen LogP contribution in [-0.4, -0.2) is 52.9 Å². The Kier molecular flexibility index (Phi) is 6.41. The highest BCUT2D eigenvalue weighted by Gasteiger charge is 2.44. The lowest BCUT2D eigenvalue weighted by Crippen LogP contribution is -2.40. The first kappa shape index (κ1) is 20.3. The van der Waals surface area contributed by atoms with E-state index in [1.807, 2.05) is 54.6 Å². The predicted octanol–water partition coefficient (Wildman–Crippen LogP) is 2.63. The Hall–Kier alpha value is -3.45. The Morgan fingerprint density at radius 2 is 1.59 bits per heavy atom. The van der Waals surface area contributed by atoms with Gasteiger partial charge in [0.15, 0.2) is 0 Å². The molecule has 1 heterocycles. The number of rotatable bonds is 9. The van der Waals surface area contributed by atoms with Crippen LogP contribution < -0.4 is 4.74 Å². The fourth-order valence-corrected chi connectivity index (χ4v) is 3.03. The van der Waals surface area contributed by atoms with Crippen LogP contribution in [0.2, 0.25) is 0 Å². The maximum absolute atomic E-state index is 12.6. The van der Waals surface area contributed by atoms with Gasteiger partial charge in [0.25, 0.3) is 0 Å². The summed E-state index contributed by atoms with van der Waals surface area (Å²) in [7, 11) is 1.78. The van der Waals surface area contributed by atoms with Gasteiger partial charge in [-0.15, -0.1) is 0 Å². The summed E-state index contributed by atoms with van der Waals surface area (Å²) >= 11 is 0. The van der Waals surface area contributed by atoms with Crippen molar-refractivity contribution in [1.29, 1.82) is 0 Å². The first-order valence-corrected chi connectivity index (χ1v) is 9.22. The second kappa shape index (κ2) is 9.16. The van der Waals surface area contributed by atoms with E-state index in [9.17, 15) is 14.4 Å². The highest BCUT2D eigenvalue weighted by Crippen LogP contribution is 2.18. The van der Waals surface area contributed by atoms with Gasteiger partial charge in [0, 0.05) is 6.54 Å². The number of ether oxygens (including phenoxy) is 1. The second-order valence-electron chi connectivity index (χ2n) is 6.79. The molecule has 0 radical (unpaired) electrons. The van der Waals surface area contributed by atoms with E-state index in [0.717, 1.165) is 26.7 Å². The summed E-state index contributed by atoms with van der Waals surface area (Å²) in [6.45, 7) is 4.66. The molecule has 2 aromatic rings. The monoisotopic (exact) mass is 393 g/mol. The van der Waals surface area contributed by atoms with Crippen molar-refractivity contribution in [3.63, 3.8) is 0 Å². The van der Waals surface area contributed by atoms with Crippen molar-refractivity contribution in [2.24, 2.45) is 0 Å². The SMILES string of the molecule is C=CCOc1ccc(CN(C)CN2C(=O)C(=O)N(Cc3ccccc3)C2=O)cc1. The Morgan fingerprint density at radius 1 is 0.931 bits per heavy atom. The standard InChI is InChI=1S/C22H23N3O4/c1-3-13-29-19-11-9-18(10-12-19)14-23(2)16-25-21(27)20(26)24(22(25)28)15-17-7-5-4-6-8-17/h3-12H,1,13-16H2,2H3. The molecule has 0 aliphatic carbocycles. The van der Waals surface area contributed by atoms with E-state index in [0.29, 0.717) is 13.2 Å². The molecule has 0 unspecified atom stereocenters. The molecule has 3 rings (SSSR count). The topological polar surface area (TPSA) is 70.2 Å². The Morgan fingerprint density at radius 3 is 2.24 bits per heavy atom. The summed E-state index contributed by atoms with van der Waals surface area (Å²) in [5.41, 5.74) is 1.78. The molecule has 1 aliphatic heterocycles. The van der Waals surface area contributed by atoms with Gasteiger partial charge in [-0.25, -0.2) is 9.69 Å². The lowest BCUT2D eigenvalue weighted by atomic mass is 10.2. The largest absolute Gasteiger partial charge is 0.490 e. The molecule has 7 heteroatoms. The quantitative estimate of drug-likeness (QED) is 0.372. The van der Waals surface area contributed by atoms with Crippen LogP contribution in [0, 0.1) is 0 Å². The number of carbonyl (C=O) groups excluding carboxylic acids is 3. The molecule has 0 atom stereocenters.